The van der Waals surface area contributed by atoms with Gasteiger partial charge in [0.1, 0.15) is 5.76 Å². The normalized spacial score (nSPS) is 11.1. The second kappa shape index (κ2) is 3.23. The van der Waals surface area contributed by atoms with Gasteiger partial charge >= 0.3 is 0 Å². The summed E-state index contributed by atoms with van der Waals surface area (Å²) in [6.07, 6.45) is 3.88. The summed E-state index contributed by atoms with van der Waals surface area (Å²) in [4.78, 5) is 4.39. The topological polar surface area (TPSA) is 30.4 Å². The average Bonchev–Trinajstić information content (AvgIpc) is 2.83. The minimum atomic E-state index is 0.807. The molecule has 0 amide bonds. The van der Waals surface area contributed by atoms with E-state index in [1.54, 1.807) is 0 Å². The first-order chi connectivity index (χ1) is 7.74. The van der Waals surface area contributed by atoms with Crippen molar-refractivity contribution >= 4 is 5.52 Å². The first-order valence-corrected chi connectivity index (χ1v) is 5.24. The molecule has 0 aromatic carbocycles. The summed E-state index contributed by atoms with van der Waals surface area (Å²) >= 11 is 0. The summed E-state index contributed by atoms with van der Waals surface area (Å²) in [5.41, 5.74) is 2.32. The molecule has 0 bridgehead atoms. The van der Waals surface area contributed by atoms with Crippen molar-refractivity contribution in [2.75, 3.05) is 0 Å². The third-order valence-corrected chi connectivity index (χ3v) is 2.65. The zero-order valence-electron chi connectivity index (χ0n) is 9.27. The Balaban J connectivity index is 2.25. The number of fused-ring (bicyclic) bond motifs is 1. The van der Waals surface area contributed by atoms with Crippen molar-refractivity contribution in [3.8, 4) is 11.6 Å². The molecule has 0 saturated heterocycles. The Labute approximate surface area is 93.4 Å². The quantitative estimate of drug-likeness (QED) is 0.620. The Morgan fingerprint density at radius 2 is 2.06 bits per heavy atom. The summed E-state index contributed by atoms with van der Waals surface area (Å²) in [6, 6.07) is 8.06. The summed E-state index contributed by atoms with van der Waals surface area (Å²) in [5, 5.41) is 0. The van der Waals surface area contributed by atoms with E-state index in [0.29, 0.717) is 0 Å². The molecule has 0 saturated carbocycles. The lowest BCUT2D eigenvalue weighted by Gasteiger charge is -1.99. The van der Waals surface area contributed by atoms with Crippen molar-refractivity contribution in [2.45, 2.75) is 13.8 Å². The van der Waals surface area contributed by atoms with Crippen LogP contribution in [0.2, 0.25) is 0 Å². The zero-order chi connectivity index (χ0) is 11.1. The number of aryl methyl sites for hydroxylation is 2. The number of nitrogens with zero attached hydrogens (tertiary/aromatic N) is 2. The zero-order valence-corrected chi connectivity index (χ0v) is 9.27. The lowest BCUT2D eigenvalue weighted by molar-refractivity contribution is 0.544. The maximum Gasteiger partial charge on any atom is 0.180 e. The number of hydrogen-bond donors (Lipinski definition) is 0. The molecule has 3 rings (SSSR count). The first-order valence-electron chi connectivity index (χ1n) is 5.24. The van der Waals surface area contributed by atoms with Crippen molar-refractivity contribution in [1.29, 1.82) is 0 Å². The van der Waals surface area contributed by atoms with Crippen molar-refractivity contribution in [1.82, 2.24) is 9.38 Å². The molecule has 3 nitrogen and oxygen atoms in total. The second-order valence-electron chi connectivity index (χ2n) is 3.99. The van der Waals surface area contributed by atoms with Gasteiger partial charge in [-0.2, -0.15) is 0 Å². The molecular weight excluding hydrogens is 200 g/mol. The van der Waals surface area contributed by atoms with E-state index in [-0.39, 0.29) is 0 Å². The Bertz CT molecular complexity index is 649. The third kappa shape index (κ3) is 1.33. The maximum atomic E-state index is 5.58. The van der Waals surface area contributed by atoms with Crippen LogP contribution >= 0.6 is 0 Å². The smallest absolute Gasteiger partial charge is 0.180 e. The molecule has 0 atom stereocenters. The van der Waals surface area contributed by atoms with E-state index in [4.69, 9.17) is 4.42 Å². The molecule has 0 fully saturated rings. The first kappa shape index (κ1) is 9.21. The standard InChI is InChI=1S/C13H12N2O/c1-9-5-6-15-11(7-9)8-14-13(15)12-4-3-10(2)16-12/h3-8H,1-2H3. The summed E-state index contributed by atoms with van der Waals surface area (Å²) < 4.78 is 7.62. The van der Waals surface area contributed by atoms with Crippen LogP contribution in [-0.4, -0.2) is 9.38 Å². The second-order valence-corrected chi connectivity index (χ2v) is 3.99. The molecular formula is C13H12N2O. The van der Waals surface area contributed by atoms with Crippen LogP contribution in [-0.2, 0) is 0 Å². The van der Waals surface area contributed by atoms with Crippen LogP contribution in [0, 0.1) is 13.8 Å². The number of hydrogen-bond acceptors (Lipinski definition) is 2. The van der Waals surface area contributed by atoms with E-state index in [1.807, 2.05) is 35.9 Å². The number of pyridine rings is 1. The molecule has 3 heterocycles. The van der Waals surface area contributed by atoms with Crippen LogP contribution in [0.1, 0.15) is 11.3 Å². The van der Waals surface area contributed by atoms with Gasteiger partial charge in [0.05, 0.1) is 11.7 Å². The molecule has 80 valence electrons. The highest BCUT2D eigenvalue weighted by Gasteiger charge is 2.09. The molecule has 0 spiro atoms. The Hall–Kier alpha value is -2.03. The number of imidazole rings is 1. The Kier molecular flexibility index (Phi) is 1.86. The molecule has 0 aliphatic rings. The molecule has 16 heavy (non-hydrogen) atoms. The lowest BCUT2D eigenvalue weighted by atomic mass is 10.3. The Morgan fingerprint density at radius 1 is 1.19 bits per heavy atom. The number of aromatic nitrogens is 2. The van der Waals surface area contributed by atoms with Crippen molar-refractivity contribution in [3.63, 3.8) is 0 Å². The van der Waals surface area contributed by atoms with E-state index < -0.39 is 0 Å². The highest BCUT2D eigenvalue weighted by Crippen LogP contribution is 2.22. The fraction of sp³-hybridized carbons (Fsp3) is 0.154. The predicted molar refractivity (Wildman–Crippen MR) is 62.4 cm³/mol. The van der Waals surface area contributed by atoms with Gasteiger partial charge in [-0.05, 0) is 43.7 Å². The fourth-order valence-electron chi connectivity index (χ4n) is 1.85. The molecule has 0 unspecified atom stereocenters. The SMILES string of the molecule is Cc1ccn2c(-c3ccc(C)o3)ncc2c1. The molecule has 0 aliphatic carbocycles. The van der Waals surface area contributed by atoms with Gasteiger partial charge in [-0.25, -0.2) is 4.98 Å². The minimum absolute atomic E-state index is 0.807. The van der Waals surface area contributed by atoms with E-state index in [0.717, 1.165) is 22.9 Å². The number of furan rings is 1. The van der Waals surface area contributed by atoms with Crippen LogP contribution in [0.5, 0.6) is 0 Å². The molecule has 0 N–H and O–H groups in total. The number of rotatable bonds is 1. The third-order valence-electron chi connectivity index (χ3n) is 2.65. The van der Waals surface area contributed by atoms with Gasteiger partial charge in [-0.1, -0.05) is 0 Å². The van der Waals surface area contributed by atoms with Gasteiger partial charge in [0.15, 0.2) is 11.6 Å². The summed E-state index contributed by atoms with van der Waals surface area (Å²) in [7, 11) is 0. The maximum absolute atomic E-state index is 5.58. The average molecular weight is 212 g/mol. The monoisotopic (exact) mass is 212 g/mol. The predicted octanol–water partition coefficient (Wildman–Crippen LogP) is 3.21. The van der Waals surface area contributed by atoms with Gasteiger partial charge in [0.25, 0.3) is 0 Å². The van der Waals surface area contributed by atoms with Crippen LogP contribution in [0.15, 0.2) is 41.1 Å². The van der Waals surface area contributed by atoms with E-state index in [9.17, 15) is 0 Å². The van der Waals surface area contributed by atoms with E-state index >= 15 is 0 Å². The van der Waals surface area contributed by atoms with Crippen molar-refractivity contribution < 1.29 is 4.42 Å². The van der Waals surface area contributed by atoms with Gasteiger partial charge in [0, 0.05) is 6.20 Å². The van der Waals surface area contributed by atoms with Gasteiger partial charge in [-0.3, -0.25) is 4.40 Å². The van der Waals surface area contributed by atoms with Crippen LogP contribution in [0.3, 0.4) is 0 Å². The Morgan fingerprint density at radius 3 is 2.81 bits per heavy atom. The largest absolute Gasteiger partial charge is 0.458 e. The fourth-order valence-corrected chi connectivity index (χ4v) is 1.85. The van der Waals surface area contributed by atoms with Crippen LogP contribution in [0.25, 0.3) is 17.1 Å². The minimum Gasteiger partial charge on any atom is -0.458 e. The molecule has 3 heteroatoms. The van der Waals surface area contributed by atoms with Crippen molar-refractivity contribution in [2.24, 2.45) is 0 Å². The molecule has 3 aromatic rings. The van der Waals surface area contributed by atoms with E-state index in [1.165, 1.54) is 5.56 Å². The lowest BCUT2D eigenvalue weighted by Crippen LogP contribution is -1.87. The van der Waals surface area contributed by atoms with Gasteiger partial charge < -0.3 is 4.42 Å². The molecule has 3 aromatic heterocycles. The highest BCUT2D eigenvalue weighted by atomic mass is 16.3. The summed E-state index contributed by atoms with van der Waals surface area (Å²) in [6.45, 7) is 4.01. The van der Waals surface area contributed by atoms with Crippen LogP contribution < -0.4 is 0 Å². The molecule has 0 radical (unpaired) electrons. The van der Waals surface area contributed by atoms with Crippen molar-refractivity contribution in [3.05, 3.63) is 48.0 Å². The summed E-state index contributed by atoms with van der Waals surface area (Å²) in [5.74, 6) is 2.56. The van der Waals surface area contributed by atoms with Gasteiger partial charge in [-0.15, -0.1) is 0 Å². The van der Waals surface area contributed by atoms with Gasteiger partial charge in [0.2, 0.25) is 0 Å². The highest BCUT2D eigenvalue weighted by molar-refractivity contribution is 5.58. The van der Waals surface area contributed by atoms with E-state index in [2.05, 4.69) is 24.0 Å². The van der Waals surface area contributed by atoms with Crippen LogP contribution in [0.4, 0.5) is 0 Å². The molecule has 0 aliphatic heterocycles.